The zero-order valence-electron chi connectivity index (χ0n) is 16.3. The highest BCUT2D eigenvalue weighted by atomic mass is 19.3. The first kappa shape index (κ1) is 19.1. The topological polar surface area (TPSA) is 84.2 Å². The molecule has 158 valence electrons. The number of ether oxygens (including phenoxy) is 1. The first-order valence-electron chi connectivity index (χ1n) is 10.0. The number of imidazole rings is 1. The molecule has 2 aromatic heterocycles. The van der Waals surface area contributed by atoms with E-state index >= 15 is 0 Å². The van der Waals surface area contributed by atoms with Crippen LogP contribution in [-0.2, 0) is 4.74 Å². The number of morpholine rings is 1. The molecule has 0 amide bonds. The van der Waals surface area contributed by atoms with Crippen LogP contribution < -0.4 is 15.1 Å². The molecule has 0 bridgehead atoms. The number of piperazine rings is 1. The minimum absolute atomic E-state index is 0.157. The Bertz CT molecular complexity index is 994. The lowest BCUT2D eigenvalue weighted by Gasteiger charge is -2.30. The predicted octanol–water partition coefficient (Wildman–Crippen LogP) is 1.39. The zero-order chi connectivity index (χ0) is 20.5. The number of para-hydroxylation sites is 2. The fourth-order valence-electron chi connectivity index (χ4n) is 3.76. The van der Waals surface area contributed by atoms with Gasteiger partial charge in [0.15, 0.2) is 5.82 Å². The van der Waals surface area contributed by atoms with Crippen molar-refractivity contribution in [2.24, 2.45) is 0 Å². The smallest absolute Gasteiger partial charge is 0.296 e. The number of fused-ring (bicyclic) bond motifs is 1. The second-order valence-electron chi connectivity index (χ2n) is 7.17. The van der Waals surface area contributed by atoms with E-state index in [4.69, 9.17) is 4.74 Å². The van der Waals surface area contributed by atoms with Crippen molar-refractivity contribution >= 4 is 22.9 Å². The maximum absolute atomic E-state index is 13.9. The Morgan fingerprint density at radius 3 is 2.17 bits per heavy atom. The molecule has 0 unspecified atom stereocenters. The summed E-state index contributed by atoms with van der Waals surface area (Å²) in [7, 11) is 0. The molecule has 2 fully saturated rings. The monoisotopic (exact) mass is 416 g/mol. The van der Waals surface area contributed by atoms with E-state index in [1.165, 1.54) is 4.57 Å². The largest absolute Gasteiger partial charge is 0.378 e. The molecular formula is C19H22F2N8O. The van der Waals surface area contributed by atoms with E-state index in [2.05, 4.69) is 25.3 Å². The van der Waals surface area contributed by atoms with E-state index in [-0.39, 0.29) is 11.8 Å². The normalized spacial score (nSPS) is 17.8. The fraction of sp³-hybridized carbons (Fsp3) is 0.474. The third-order valence-electron chi connectivity index (χ3n) is 5.28. The van der Waals surface area contributed by atoms with Gasteiger partial charge >= 0.3 is 0 Å². The Labute approximate surface area is 171 Å². The van der Waals surface area contributed by atoms with Gasteiger partial charge in [-0.2, -0.15) is 15.0 Å². The standard InChI is InChI=1S/C19H22F2N8O/c20-15(21)16-23-13-3-1-2-4-14(13)29(16)19-25-17(27-7-5-22-6-8-27)24-18(26-19)28-9-11-30-12-10-28/h1-4,15,22H,5-12H2. The number of rotatable bonds is 4. The molecule has 2 saturated heterocycles. The minimum Gasteiger partial charge on any atom is -0.378 e. The molecule has 0 aliphatic carbocycles. The predicted molar refractivity (Wildman–Crippen MR) is 108 cm³/mol. The van der Waals surface area contributed by atoms with Crippen molar-refractivity contribution in [3.63, 3.8) is 0 Å². The van der Waals surface area contributed by atoms with Crippen LogP contribution in [0.3, 0.4) is 0 Å². The average Bonchev–Trinajstić information content (AvgIpc) is 3.20. The lowest BCUT2D eigenvalue weighted by Crippen LogP contribution is -2.45. The Morgan fingerprint density at radius 1 is 0.833 bits per heavy atom. The number of anilines is 2. The van der Waals surface area contributed by atoms with Crippen LogP contribution in [0.1, 0.15) is 12.2 Å². The van der Waals surface area contributed by atoms with E-state index in [9.17, 15) is 8.78 Å². The van der Waals surface area contributed by atoms with Gasteiger partial charge in [0, 0.05) is 39.3 Å². The number of benzene rings is 1. The van der Waals surface area contributed by atoms with Crippen molar-refractivity contribution in [2.75, 3.05) is 62.3 Å². The Kier molecular flexibility index (Phi) is 5.13. The summed E-state index contributed by atoms with van der Waals surface area (Å²) in [6, 6.07) is 7.01. The Balaban J connectivity index is 1.67. The lowest BCUT2D eigenvalue weighted by atomic mass is 10.3. The average molecular weight is 416 g/mol. The van der Waals surface area contributed by atoms with E-state index in [1.807, 2.05) is 9.80 Å². The second-order valence-corrected chi connectivity index (χ2v) is 7.17. The quantitative estimate of drug-likeness (QED) is 0.683. The van der Waals surface area contributed by atoms with E-state index in [0.717, 1.165) is 26.2 Å². The third-order valence-corrected chi connectivity index (χ3v) is 5.28. The van der Waals surface area contributed by atoms with Gasteiger partial charge in [-0.1, -0.05) is 12.1 Å². The molecule has 2 aliphatic heterocycles. The summed E-state index contributed by atoms with van der Waals surface area (Å²) < 4.78 is 34.5. The van der Waals surface area contributed by atoms with E-state index in [1.54, 1.807) is 24.3 Å². The summed E-state index contributed by atoms with van der Waals surface area (Å²) in [4.78, 5) is 22.0. The van der Waals surface area contributed by atoms with Gasteiger partial charge in [0.05, 0.1) is 24.2 Å². The molecule has 3 aromatic rings. The van der Waals surface area contributed by atoms with Crippen LogP contribution in [0.2, 0.25) is 0 Å². The van der Waals surface area contributed by atoms with Crippen LogP contribution >= 0.6 is 0 Å². The second kappa shape index (κ2) is 8.07. The van der Waals surface area contributed by atoms with Crippen LogP contribution in [0, 0.1) is 0 Å². The number of alkyl halides is 2. The van der Waals surface area contributed by atoms with Crippen molar-refractivity contribution in [1.29, 1.82) is 0 Å². The molecule has 4 heterocycles. The summed E-state index contributed by atoms with van der Waals surface area (Å²) in [5.74, 6) is 0.737. The molecule has 11 heteroatoms. The van der Waals surface area contributed by atoms with Crippen molar-refractivity contribution in [2.45, 2.75) is 6.43 Å². The third kappa shape index (κ3) is 3.54. The number of hydrogen-bond donors (Lipinski definition) is 1. The zero-order valence-corrected chi connectivity index (χ0v) is 16.3. The summed E-state index contributed by atoms with van der Waals surface area (Å²) in [6.45, 7) is 5.50. The minimum atomic E-state index is -2.76. The summed E-state index contributed by atoms with van der Waals surface area (Å²) in [6.07, 6.45) is -2.76. The van der Waals surface area contributed by atoms with Crippen LogP contribution in [0.15, 0.2) is 24.3 Å². The van der Waals surface area contributed by atoms with Gasteiger partial charge in [-0.3, -0.25) is 4.57 Å². The van der Waals surface area contributed by atoms with Crippen molar-refractivity contribution in [1.82, 2.24) is 29.8 Å². The number of halogens is 2. The molecule has 9 nitrogen and oxygen atoms in total. The highest BCUT2D eigenvalue weighted by Crippen LogP contribution is 2.28. The number of nitrogens with zero attached hydrogens (tertiary/aromatic N) is 7. The Morgan fingerprint density at radius 2 is 1.47 bits per heavy atom. The van der Waals surface area contributed by atoms with Crippen LogP contribution in [0.25, 0.3) is 17.0 Å². The van der Waals surface area contributed by atoms with Gasteiger partial charge < -0.3 is 19.9 Å². The molecule has 1 aromatic carbocycles. The van der Waals surface area contributed by atoms with Gasteiger partial charge in [0.1, 0.15) is 0 Å². The lowest BCUT2D eigenvalue weighted by molar-refractivity contribution is 0.122. The molecule has 0 radical (unpaired) electrons. The summed E-state index contributed by atoms with van der Waals surface area (Å²) >= 11 is 0. The Hall–Kier alpha value is -2.92. The molecule has 5 rings (SSSR count). The van der Waals surface area contributed by atoms with Gasteiger partial charge in [-0.05, 0) is 12.1 Å². The fourth-order valence-corrected chi connectivity index (χ4v) is 3.76. The van der Waals surface area contributed by atoms with Gasteiger partial charge in [0.2, 0.25) is 17.8 Å². The summed E-state index contributed by atoms with van der Waals surface area (Å²) in [5.41, 5.74) is 1.02. The molecule has 30 heavy (non-hydrogen) atoms. The van der Waals surface area contributed by atoms with Crippen LogP contribution in [0.5, 0.6) is 0 Å². The van der Waals surface area contributed by atoms with Crippen molar-refractivity contribution in [3.8, 4) is 5.95 Å². The molecule has 2 aliphatic rings. The highest BCUT2D eigenvalue weighted by Gasteiger charge is 2.25. The van der Waals surface area contributed by atoms with E-state index in [0.29, 0.717) is 49.2 Å². The highest BCUT2D eigenvalue weighted by molar-refractivity contribution is 5.77. The maximum Gasteiger partial charge on any atom is 0.296 e. The first-order valence-corrected chi connectivity index (χ1v) is 10.0. The number of aromatic nitrogens is 5. The van der Waals surface area contributed by atoms with Crippen molar-refractivity contribution in [3.05, 3.63) is 30.1 Å². The van der Waals surface area contributed by atoms with Gasteiger partial charge in [-0.15, -0.1) is 0 Å². The molecule has 1 N–H and O–H groups in total. The maximum atomic E-state index is 13.9. The summed E-state index contributed by atoms with van der Waals surface area (Å²) in [5, 5.41) is 3.30. The number of nitrogens with one attached hydrogen (secondary N) is 1. The molecule has 0 saturated carbocycles. The number of hydrogen-bond acceptors (Lipinski definition) is 8. The molecule has 0 spiro atoms. The SMILES string of the molecule is FC(F)c1nc2ccccc2n1-c1nc(N2CCNCC2)nc(N2CCOCC2)n1. The van der Waals surface area contributed by atoms with Crippen LogP contribution in [0.4, 0.5) is 20.7 Å². The van der Waals surface area contributed by atoms with E-state index < -0.39 is 6.43 Å². The molecular weight excluding hydrogens is 394 g/mol. The van der Waals surface area contributed by atoms with Gasteiger partial charge in [0.25, 0.3) is 6.43 Å². The van der Waals surface area contributed by atoms with Crippen molar-refractivity contribution < 1.29 is 13.5 Å². The van der Waals surface area contributed by atoms with Crippen LogP contribution in [-0.4, -0.2) is 77.0 Å². The first-order chi connectivity index (χ1) is 14.7. The molecule has 0 atom stereocenters. The van der Waals surface area contributed by atoms with Gasteiger partial charge in [-0.25, -0.2) is 13.8 Å².